The Morgan fingerprint density at radius 2 is 2.14 bits per heavy atom. The quantitative estimate of drug-likeness (QED) is 0.938. The van der Waals surface area contributed by atoms with Gasteiger partial charge in [-0.1, -0.05) is 12.1 Å². The summed E-state index contributed by atoms with van der Waals surface area (Å²) in [5.41, 5.74) is 2.16. The monoisotopic (exact) mass is 284 g/mol. The summed E-state index contributed by atoms with van der Waals surface area (Å²) in [6.45, 7) is 0.846. The fourth-order valence-electron chi connectivity index (χ4n) is 2.96. The maximum atomic E-state index is 12.6. The Labute approximate surface area is 124 Å². The van der Waals surface area contributed by atoms with Gasteiger partial charge in [-0.05, 0) is 42.7 Å². The van der Waals surface area contributed by atoms with Crippen molar-refractivity contribution in [1.82, 2.24) is 9.88 Å². The van der Waals surface area contributed by atoms with Crippen molar-refractivity contribution in [2.75, 3.05) is 13.7 Å². The summed E-state index contributed by atoms with van der Waals surface area (Å²) in [4.78, 5) is 17.8. The van der Waals surface area contributed by atoms with E-state index in [0.29, 0.717) is 6.42 Å². The molecular weight excluding hydrogens is 264 g/mol. The normalized spacial score (nSPS) is 18.0. The minimum Gasteiger partial charge on any atom is -0.497 e. The number of hydrogen-bond acceptors (Lipinski definition) is 2. The van der Waals surface area contributed by atoms with Crippen LogP contribution in [0.15, 0.2) is 42.6 Å². The first-order chi connectivity index (χ1) is 10.3. The second kappa shape index (κ2) is 6.04. The Kier molecular flexibility index (Phi) is 3.95. The zero-order valence-corrected chi connectivity index (χ0v) is 12.2. The van der Waals surface area contributed by atoms with Crippen LogP contribution in [0.25, 0.3) is 0 Å². The molecule has 1 saturated heterocycles. The van der Waals surface area contributed by atoms with Gasteiger partial charge in [-0.25, -0.2) is 0 Å². The number of nitrogens with one attached hydrogen (secondary N) is 1. The van der Waals surface area contributed by atoms with Gasteiger partial charge in [0.2, 0.25) is 5.91 Å². The molecule has 0 bridgehead atoms. The number of carbonyl (C=O) groups is 1. The molecule has 0 radical (unpaired) electrons. The molecular formula is C17H20N2O2. The predicted molar refractivity (Wildman–Crippen MR) is 81.2 cm³/mol. The molecule has 1 amide bonds. The molecule has 1 aromatic carbocycles. The lowest BCUT2D eigenvalue weighted by molar-refractivity contribution is -0.131. The zero-order valence-electron chi connectivity index (χ0n) is 12.2. The molecule has 3 rings (SSSR count). The lowest BCUT2D eigenvalue weighted by Crippen LogP contribution is -2.31. The van der Waals surface area contributed by atoms with Crippen LogP contribution in [0.4, 0.5) is 0 Å². The molecule has 4 nitrogen and oxygen atoms in total. The average molecular weight is 284 g/mol. The second-order valence-corrected chi connectivity index (χ2v) is 5.40. The summed E-state index contributed by atoms with van der Waals surface area (Å²) < 4.78 is 5.14. The molecule has 1 atom stereocenters. The highest BCUT2D eigenvalue weighted by molar-refractivity contribution is 5.79. The van der Waals surface area contributed by atoms with E-state index in [0.717, 1.165) is 36.4 Å². The third kappa shape index (κ3) is 2.94. The summed E-state index contributed by atoms with van der Waals surface area (Å²) in [5, 5.41) is 0. The topological polar surface area (TPSA) is 45.3 Å². The summed E-state index contributed by atoms with van der Waals surface area (Å²) in [7, 11) is 1.64. The van der Waals surface area contributed by atoms with E-state index in [2.05, 4.69) is 11.1 Å². The molecule has 110 valence electrons. The van der Waals surface area contributed by atoms with Gasteiger partial charge in [0.1, 0.15) is 5.75 Å². The zero-order chi connectivity index (χ0) is 14.7. The molecule has 2 heterocycles. The fourth-order valence-corrected chi connectivity index (χ4v) is 2.96. The smallest absolute Gasteiger partial charge is 0.227 e. The average Bonchev–Trinajstić information content (AvgIpc) is 3.18. The highest BCUT2D eigenvalue weighted by atomic mass is 16.5. The van der Waals surface area contributed by atoms with Crippen LogP contribution in [0.2, 0.25) is 0 Å². The Hall–Kier alpha value is -2.23. The van der Waals surface area contributed by atoms with Crippen molar-refractivity contribution in [3.8, 4) is 5.75 Å². The number of methoxy groups -OCH3 is 1. The van der Waals surface area contributed by atoms with Gasteiger partial charge in [0, 0.05) is 18.4 Å². The Bertz CT molecular complexity index is 590. The van der Waals surface area contributed by atoms with Crippen molar-refractivity contribution in [2.45, 2.75) is 25.3 Å². The fraction of sp³-hybridized carbons (Fsp3) is 0.353. The molecule has 0 spiro atoms. The molecule has 1 aromatic heterocycles. The molecule has 2 aromatic rings. The van der Waals surface area contributed by atoms with Crippen molar-refractivity contribution in [3.63, 3.8) is 0 Å². The summed E-state index contributed by atoms with van der Waals surface area (Å²) >= 11 is 0. The van der Waals surface area contributed by atoms with E-state index < -0.39 is 0 Å². The van der Waals surface area contributed by atoms with Crippen molar-refractivity contribution in [2.24, 2.45) is 0 Å². The van der Waals surface area contributed by atoms with Crippen LogP contribution in [-0.2, 0) is 11.2 Å². The highest BCUT2D eigenvalue weighted by Gasteiger charge is 2.30. The molecule has 0 saturated carbocycles. The maximum absolute atomic E-state index is 12.6. The van der Waals surface area contributed by atoms with E-state index in [9.17, 15) is 4.79 Å². The van der Waals surface area contributed by atoms with Crippen molar-refractivity contribution in [3.05, 3.63) is 53.9 Å². The van der Waals surface area contributed by atoms with Crippen molar-refractivity contribution in [1.29, 1.82) is 0 Å². The van der Waals surface area contributed by atoms with E-state index in [1.807, 2.05) is 41.4 Å². The maximum Gasteiger partial charge on any atom is 0.227 e. The van der Waals surface area contributed by atoms with Gasteiger partial charge in [0.15, 0.2) is 0 Å². The number of hydrogen-bond donors (Lipinski definition) is 1. The van der Waals surface area contributed by atoms with Crippen LogP contribution in [0.1, 0.15) is 30.1 Å². The first-order valence-corrected chi connectivity index (χ1v) is 7.33. The number of benzene rings is 1. The minimum absolute atomic E-state index is 0.192. The van der Waals surface area contributed by atoms with Gasteiger partial charge in [0.25, 0.3) is 0 Å². The van der Waals surface area contributed by atoms with Crippen LogP contribution in [0.5, 0.6) is 5.75 Å². The van der Waals surface area contributed by atoms with Crippen LogP contribution in [-0.4, -0.2) is 29.4 Å². The van der Waals surface area contributed by atoms with Crippen LogP contribution >= 0.6 is 0 Å². The summed E-state index contributed by atoms with van der Waals surface area (Å²) in [5.74, 6) is 1.01. The Balaban J connectivity index is 1.69. The second-order valence-electron chi connectivity index (χ2n) is 5.40. The number of ether oxygens (including phenoxy) is 1. The Morgan fingerprint density at radius 1 is 1.33 bits per heavy atom. The van der Waals surface area contributed by atoms with E-state index in [-0.39, 0.29) is 11.9 Å². The first-order valence-electron chi connectivity index (χ1n) is 7.33. The van der Waals surface area contributed by atoms with Crippen molar-refractivity contribution < 1.29 is 9.53 Å². The molecule has 0 aliphatic carbocycles. The van der Waals surface area contributed by atoms with E-state index >= 15 is 0 Å². The number of carbonyl (C=O) groups excluding carboxylic acids is 1. The number of nitrogens with zero attached hydrogens (tertiary/aromatic N) is 1. The molecule has 1 aliphatic rings. The summed E-state index contributed by atoms with van der Waals surface area (Å²) in [6.07, 6.45) is 4.47. The molecule has 1 aliphatic heterocycles. The molecule has 4 heteroatoms. The molecule has 21 heavy (non-hydrogen) atoms. The predicted octanol–water partition coefficient (Wildman–Crippen LogP) is 2.93. The van der Waals surface area contributed by atoms with E-state index in [4.69, 9.17) is 4.74 Å². The van der Waals surface area contributed by atoms with Crippen molar-refractivity contribution >= 4 is 5.91 Å². The number of amides is 1. The number of likely N-dealkylation sites (tertiary alicyclic amines) is 1. The SMILES string of the molecule is COc1ccc(CC(=O)N2CCCC2c2ccc[nH]2)cc1. The standard InChI is InChI=1S/C17H20N2O2/c1-21-14-8-6-13(7-9-14)12-17(20)19-11-3-5-16(19)15-4-2-10-18-15/h2,4,6-10,16,18H,3,5,11-12H2,1H3. The Morgan fingerprint density at radius 3 is 2.81 bits per heavy atom. The van der Waals surface area contributed by atoms with Crippen LogP contribution in [0, 0.1) is 0 Å². The van der Waals surface area contributed by atoms with Gasteiger partial charge >= 0.3 is 0 Å². The molecule has 1 N–H and O–H groups in total. The number of H-pyrrole nitrogens is 1. The number of aromatic nitrogens is 1. The third-order valence-corrected chi connectivity index (χ3v) is 4.07. The van der Waals surface area contributed by atoms with Crippen LogP contribution in [0.3, 0.4) is 0 Å². The van der Waals surface area contributed by atoms with Gasteiger partial charge in [-0.3, -0.25) is 4.79 Å². The van der Waals surface area contributed by atoms with Gasteiger partial charge in [0.05, 0.1) is 19.6 Å². The largest absolute Gasteiger partial charge is 0.497 e. The lowest BCUT2D eigenvalue weighted by Gasteiger charge is -2.24. The van der Waals surface area contributed by atoms with Gasteiger partial charge in [-0.15, -0.1) is 0 Å². The first kappa shape index (κ1) is 13.7. The lowest BCUT2D eigenvalue weighted by atomic mass is 10.1. The van der Waals surface area contributed by atoms with E-state index in [1.54, 1.807) is 7.11 Å². The van der Waals surface area contributed by atoms with Gasteiger partial charge in [-0.2, -0.15) is 0 Å². The third-order valence-electron chi connectivity index (χ3n) is 4.07. The highest BCUT2D eigenvalue weighted by Crippen LogP contribution is 2.31. The number of aromatic amines is 1. The van der Waals surface area contributed by atoms with E-state index in [1.165, 1.54) is 0 Å². The molecule has 1 unspecified atom stereocenters. The minimum atomic E-state index is 0.192. The summed E-state index contributed by atoms with van der Waals surface area (Å²) in [6, 6.07) is 12.0. The van der Waals surface area contributed by atoms with Gasteiger partial charge < -0.3 is 14.6 Å². The van der Waals surface area contributed by atoms with Crippen LogP contribution < -0.4 is 4.74 Å². The molecule has 1 fully saturated rings. The number of rotatable bonds is 4.